The number of hydrogen-bond donors (Lipinski definition) is 2. The van der Waals surface area contributed by atoms with Crippen molar-refractivity contribution in [3.8, 4) is 5.88 Å². The Morgan fingerprint density at radius 1 is 1.44 bits per heavy atom. The zero-order chi connectivity index (χ0) is 11.4. The molecule has 0 saturated carbocycles. The molecule has 0 radical (unpaired) electrons. The summed E-state index contributed by atoms with van der Waals surface area (Å²) in [7, 11) is 1.58. The highest BCUT2D eigenvalue weighted by Crippen LogP contribution is 2.20. The van der Waals surface area contributed by atoms with Crippen LogP contribution in [0.2, 0.25) is 0 Å². The van der Waals surface area contributed by atoms with Crippen LogP contribution in [-0.2, 0) is 6.54 Å². The first kappa shape index (κ1) is 10.8. The van der Waals surface area contributed by atoms with Gasteiger partial charge in [-0.1, -0.05) is 0 Å². The van der Waals surface area contributed by atoms with Crippen molar-refractivity contribution in [1.29, 1.82) is 0 Å². The van der Waals surface area contributed by atoms with E-state index in [1.165, 1.54) is 5.56 Å². The summed E-state index contributed by atoms with van der Waals surface area (Å²) < 4.78 is 5.04. The van der Waals surface area contributed by atoms with E-state index in [1.807, 2.05) is 5.38 Å². The van der Waals surface area contributed by atoms with Crippen LogP contribution in [0.25, 0.3) is 0 Å². The van der Waals surface area contributed by atoms with Gasteiger partial charge >= 0.3 is 0 Å². The highest BCUT2D eigenvalue weighted by molar-refractivity contribution is 7.07. The van der Waals surface area contributed by atoms with E-state index in [9.17, 15) is 0 Å². The zero-order valence-electron chi connectivity index (χ0n) is 8.93. The van der Waals surface area contributed by atoms with Gasteiger partial charge in [-0.15, -0.1) is 0 Å². The van der Waals surface area contributed by atoms with Gasteiger partial charge in [0.2, 0.25) is 5.88 Å². The number of nitrogens with one attached hydrogen (secondary N) is 1. The molecule has 0 saturated heterocycles. The van der Waals surface area contributed by atoms with E-state index in [-0.39, 0.29) is 0 Å². The number of thiophene rings is 1. The first-order chi connectivity index (χ1) is 7.79. The molecule has 2 rings (SSSR count). The summed E-state index contributed by atoms with van der Waals surface area (Å²) in [6.45, 7) is 0.716. The van der Waals surface area contributed by atoms with Crippen molar-refractivity contribution in [2.75, 3.05) is 18.2 Å². The van der Waals surface area contributed by atoms with Crippen LogP contribution in [0, 0.1) is 0 Å². The lowest BCUT2D eigenvalue weighted by Gasteiger charge is -2.08. The van der Waals surface area contributed by atoms with E-state index < -0.39 is 0 Å². The van der Waals surface area contributed by atoms with Crippen molar-refractivity contribution < 1.29 is 4.74 Å². The molecule has 0 unspecified atom stereocenters. The van der Waals surface area contributed by atoms with Gasteiger partial charge in [0.25, 0.3) is 0 Å². The van der Waals surface area contributed by atoms with Crippen molar-refractivity contribution in [2.24, 2.45) is 0 Å². The molecule has 0 bridgehead atoms. The smallest absolute Gasteiger partial charge is 0.215 e. The van der Waals surface area contributed by atoms with Crippen LogP contribution in [0.1, 0.15) is 5.56 Å². The maximum Gasteiger partial charge on any atom is 0.215 e. The van der Waals surface area contributed by atoms with E-state index in [1.54, 1.807) is 30.6 Å². The fourth-order valence-electron chi connectivity index (χ4n) is 1.29. The predicted octanol–water partition coefficient (Wildman–Crippen LogP) is 2.35. The molecule has 0 aliphatic rings. The van der Waals surface area contributed by atoms with Crippen LogP contribution in [0.3, 0.4) is 0 Å². The lowest BCUT2D eigenvalue weighted by molar-refractivity contribution is 0.398. The number of hydrogen-bond acceptors (Lipinski definition) is 5. The third-order valence-corrected chi connectivity index (χ3v) is 2.88. The van der Waals surface area contributed by atoms with E-state index in [4.69, 9.17) is 10.5 Å². The first-order valence-corrected chi connectivity index (χ1v) is 5.79. The van der Waals surface area contributed by atoms with Gasteiger partial charge in [-0.25, -0.2) is 0 Å². The zero-order valence-corrected chi connectivity index (χ0v) is 9.75. The molecule has 16 heavy (non-hydrogen) atoms. The van der Waals surface area contributed by atoms with Gasteiger partial charge in [-0.2, -0.15) is 16.3 Å². The summed E-state index contributed by atoms with van der Waals surface area (Å²) in [6.07, 6.45) is 0. The number of ether oxygens (including phenoxy) is 1. The van der Waals surface area contributed by atoms with Gasteiger partial charge in [-0.05, 0) is 28.5 Å². The maximum atomic E-state index is 5.81. The summed E-state index contributed by atoms with van der Waals surface area (Å²) in [4.78, 5) is 4.24. The SMILES string of the molecule is COc1ccc(N)c(NCc2ccsc2)n1. The molecule has 0 spiro atoms. The van der Waals surface area contributed by atoms with Crippen LogP contribution >= 0.6 is 11.3 Å². The Morgan fingerprint density at radius 3 is 3.00 bits per heavy atom. The van der Waals surface area contributed by atoms with Crippen LogP contribution in [0.5, 0.6) is 5.88 Å². The quantitative estimate of drug-likeness (QED) is 0.854. The predicted molar refractivity (Wildman–Crippen MR) is 66.8 cm³/mol. The molecule has 0 fully saturated rings. The molecule has 5 heteroatoms. The normalized spacial score (nSPS) is 10.1. The molecule has 2 heterocycles. The third kappa shape index (κ3) is 2.43. The molecule has 2 aromatic rings. The fourth-order valence-corrected chi connectivity index (χ4v) is 1.95. The molecule has 84 valence electrons. The highest BCUT2D eigenvalue weighted by atomic mass is 32.1. The Morgan fingerprint density at radius 2 is 2.31 bits per heavy atom. The summed E-state index contributed by atoms with van der Waals surface area (Å²) in [5, 5.41) is 7.31. The summed E-state index contributed by atoms with van der Waals surface area (Å²) >= 11 is 1.67. The summed E-state index contributed by atoms with van der Waals surface area (Å²) in [5.41, 5.74) is 7.64. The maximum absolute atomic E-state index is 5.81. The Labute approximate surface area is 98.1 Å². The Bertz CT molecular complexity index is 456. The minimum atomic E-state index is 0.557. The number of nitrogens with two attached hydrogens (primary N) is 1. The third-order valence-electron chi connectivity index (χ3n) is 2.15. The second-order valence-corrected chi connectivity index (χ2v) is 4.06. The van der Waals surface area contributed by atoms with Gasteiger partial charge in [-0.3, -0.25) is 0 Å². The lowest BCUT2D eigenvalue weighted by atomic mass is 10.3. The fraction of sp³-hybridized carbons (Fsp3) is 0.182. The Hall–Kier alpha value is -1.75. The molecule has 0 amide bonds. The van der Waals surface area contributed by atoms with Gasteiger partial charge in [0.1, 0.15) is 0 Å². The molecule has 0 aromatic carbocycles. The monoisotopic (exact) mass is 235 g/mol. The number of methoxy groups -OCH3 is 1. The molecule has 0 aliphatic heterocycles. The minimum Gasteiger partial charge on any atom is -0.481 e. The standard InChI is InChI=1S/C11H13N3OS/c1-15-10-3-2-9(12)11(14-10)13-6-8-4-5-16-7-8/h2-5,7H,6,12H2,1H3,(H,13,14). The molecule has 0 aliphatic carbocycles. The van der Waals surface area contributed by atoms with E-state index in [0.29, 0.717) is 23.9 Å². The molecule has 4 nitrogen and oxygen atoms in total. The van der Waals surface area contributed by atoms with Crippen LogP contribution in [0.15, 0.2) is 29.0 Å². The largest absolute Gasteiger partial charge is 0.481 e. The Balaban J connectivity index is 2.08. The van der Waals surface area contributed by atoms with Crippen molar-refractivity contribution >= 4 is 22.8 Å². The molecular weight excluding hydrogens is 222 g/mol. The summed E-state index contributed by atoms with van der Waals surface area (Å²) in [6, 6.07) is 5.58. The topological polar surface area (TPSA) is 60.2 Å². The van der Waals surface area contributed by atoms with Gasteiger partial charge in [0, 0.05) is 12.6 Å². The van der Waals surface area contributed by atoms with Crippen LogP contribution in [-0.4, -0.2) is 12.1 Å². The van der Waals surface area contributed by atoms with Crippen LogP contribution < -0.4 is 15.8 Å². The number of nitrogens with zero attached hydrogens (tertiary/aromatic N) is 1. The van der Waals surface area contributed by atoms with Gasteiger partial charge in [0.05, 0.1) is 12.8 Å². The number of pyridine rings is 1. The van der Waals surface area contributed by atoms with Crippen molar-refractivity contribution in [2.45, 2.75) is 6.54 Å². The second kappa shape index (κ2) is 4.85. The molecule has 3 N–H and O–H groups in total. The van der Waals surface area contributed by atoms with Crippen LogP contribution in [0.4, 0.5) is 11.5 Å². The summed E-state index contributed by atoms with van der Waals surface area (Å²) in [5.74, 6) is 1.22. The van der Waals surface area contributed by atoms with E-state index in [2.05, 4.69) is 21.7 Å². The number of aromatic nitrogens is 1. The number of anilines is 2. The van der Waals surface area contributed by atoms with E-state index in [0.717, 1.165) is 0 Å². The second-order valence-electron chi connectivity index (χ2n) is 3.28. The highest BCUT2D eigenvalue weighted by Gasteiger charge is 2.03. The minimum absolute atomic E-state index is 0.557. The molecule has 2 aromatic heterocycles. The lowest BCUT2D eigenvalue weighted by Crippen LogP contribution is -2.04. The first-order valence-electron chi connectivity index (χ1n) is 4.85. The number of nitrogen functional groups attached to an aromatic ring is 1. The van der Waals surface area contributed by atoms with Gasteiger partial charge < -0.3 is 15.8 Å². The average Bonchev–Trinajstić information content (AvgIpc) is 2.81. The van der Waals surface area contributed by atoms with E-state index >= 15 is 0 Å². The molecular formula is C11H13N3OS. The van der Waals surface area contributed by atoms with Crippen molar-refractivity contribution in [3.05, 3.63) is 34.5 Å². The molecule has 0 atom stereocenters. The number of rotatable bonds is 4. The van der Waals surface area contributed by atoms with Gasteiger partial charge in [0.15, 0.2) is 5.82 Å². The Kier molecular flexibility index (Phi) is 3.26. The van der Waals surface area contributed by atoms with Crippen molar-refractivity contribution in [3.63, 3.8) is 0 Å². The average molecular weight is 235 g/mol. The van der Waals surface area contributed by atoms with Crippen molar-refractivity contribution in [1.82, 2.24) is 4.98 Å².